The number of hydrogen-bond acceptors (Lipinski definition) is 4. The van der Waals surface area contributed by atoms with Gasteiger partial charge >= 0.3 is 5.97 Å². The van der Waals surface area contributed by atoms with Gasteiger partial charge in [0.2, 0.25) is 0 Å². The molecule has 1 heterocycles. The first-order valence-corrected chi connectivity index (χ1v) is 6.33. The Morgan fingerprint density at radius 2 is 1.89 bits per heavy atom. The summed E-state index contributed by atoms with van der Waals surface area (Å²) < 4.78 is 15.5. The molecule has 4 nitrogen and oxygen atoms in total. The van der Waals surface area contributed by atoms with Gasteiger partial charge in [-0.05, 0) is 43.0 Å². The van der Waals surface area contributed by atoms with Crippen molar-refractivity contribution in [2.75, 3.05) is 27.4 Å². The smallest absolute Gasteiger partial charge is 0.316 e. The number of carbonyl (C=O) groups excluding carboxylic acids is 1. The Morgan fingerprint density at radius 1 is 1.26 bits per heavy atom. The van der Waals surface area contributed by atoms with Crippen LogP contribution in [0.15, 0.2) is 12.1 Å². The van der Waals surface area contributed by atoms with Crippen LogP contribution in [0.5, 0.6) is 5.75 Å². The van der Waals surface area contributed by atoms with Crippen LogP contribution in [0.1, 0.15) is 16.7 Å². The monoisotopic (exact) mass is 264 g/mol. The normalized spacial score (nSPS) is 16.6. The molecule has 0 atom stereocenters. The van der Waals surface area contributed by atoms with Crippen LogP contribution >= 0.6 is 0 Å². The number of rotatable bonds is 4. The van der Waals surface area contributed by atoms with Gasteiger partial charge in [0.05, 0.1) is 27.4 Å². The van der Waals surface area contributed by atoms with Gasteiger partial charge in [0.25, 0.3) is 0 Å². The molecule has 0 unspecified atom stereocenters. The summed E-state index contributed by atoms with van der Waals surface area (Å²) in [5.41, 5.74) is 2.84. The van der Waals surface area contributed by atoms with Crippen LogP contribution < -0.4 is 4.74 Å². The summed E-state index contributed by atoms with van der Waals surface area (Å²) in [4.78, 5) is 11.9. The molecular weight excluding hydrogens is 244 g/mol. The molecule has 19 heavy (non-hydrogen) atoms. The van der Waals surface area contributed by atoms with E-state index in [-0.39, 0.29) is 5.97 Å². The lowest BCUT2D eigenvalue weighted by Gasteiger charge is -2.38. The molecule has 1 fully saturated rings. The molecule has 1 aliphatic heterocycles. The third-order valence-corrected chi connectivity index (χ3v) is 3.80. The first-order valence-electron chi connectivity index (χ1n) is 6.33. The van der Waals surface area contributed by atoms with Crippen LogP contribution in [-0.4, -0.2) is 33.4 Å². The standard InChI is InChI=1S/C15H20O4/c1-10-5-12(13(17-3)6-11(10)2)7-15(8-19-9-15)14(16)18-4/h5-6H,7-9H2,1-4H3. The van der Waals surface area contributed by atoms with Crippen molar-refractivity contribution < 1.29 is 19.0 Å². The van der Waals surface area contributed by atoms with E-state index in [0.29, 0.717) is 19.6 Å². The molecule has 0 N–H and O–H groups in total. The highest BCUT2D eigenvalue weighted by Gasteiger charge is 2.47. The lowest BCUT2D eigenvalue weighted by molar-refractivity contribution is -0.182. The number of benzene rings is 1. The summed E-state index contributed by atoms with van der Waals surface area (Å²) in [7, 11) is 3.07. The minimum atomic E-state index is -0.552. The van der Waals surface area contributed by atoms with E-state index in [1.54, 1.807) is 7.11 Å². The molecule has 0 radical (unpaired) electrons. The molecule has 1 aromatic rings. The number of methoxy groups -OCH3 is 2. The van der Waals surface area contributed by atoms with Gasteiger partial charge in [-0.2, -0.15) is 0 Å². The third-order valence-electron chi connectivity index (χ3n) is 3.80. The third kappa shape index (κ3) is 2.45. The zero-order valence-corrected chi connectivity index (χ0v) is 11.9. The molecule has 2 rings (SSSR count). The summed E-state index contributed by atoms with van der Waals surface area (Å²) in [5, 5.41) is 0. The summed E-state index contributed by atoms with van der Waals surface area (Å²) in [6, 6.07) is 4.09. The fourth-order valence-electron chi connectivity index (χ4n) is 2.40. The van der Waals surface area contributed by atoms with Gasteiger partial charge in [0.1, 0.15) is 11.2 Å². The van der Waals surface area contributed by atoms with Crippen LogP contribution in [-0.2, 0) is 20.7 Å². The molecule has 0 saturated carbocycles. The Balaban J connectivity index is 2.32. The highest BCUT2D eigenvalue weighted by molar-refractivity contribution is 5.78. The van der Waals surface area contributed by atoms with Crippen LogP contribution in [0.25, 0.3) is 0 Å². The van der Waals surface area contributed by atoms with Crippen LogP contribution in [0.4, 0.5) is 0 Å². The minimum Gasteiger partial charge on any atom is -0.496 e. The van der Waals surface area contributed by atoms with Crippen LogP contribution in [0.2, 0.25) is 0 Å². The fraction of sp³-hybridized carbons (Fsp3) is 0.533. The fourth-order valence-corrected chi connectivity index (χ4v) is 2.40. The number of esters is 1. The summed E-state index contributed by atoms with van der Waals surface area (Å²) in [6.45, 7) is 4.93. The maximum atomic E-state index is 11.9. The molecule has 104 valence electrons. The quantitative estimate of drug-likeness (QED) is 0.781. The van der Waals surface area contributed by atoms with E-state index in [2.05, 4.69) is 13.0 Å². The van der Waals surface area contributed by atoms with E-state index < -0.39 is 5.41 Å². The average molecular weight is 264 g/mol. The van der Waals surface area contributed by atoms with Crippen molar-refractivity contribution in [3.8, 4) is 5.75 Å². The molecule has 0 spiro atoms. The minimum absolute atomic E-state index is 0.209. The molecule has 4 heteroatoms. The van der Waals surface area contributed by atoms with Crippen molar-refractivity contribution in [1.29, 1.82) is 0 Å². The number of carbonyl (C=O) groups is 1. The van der Waals surface area contributed by atoms with Crippen LogP contribution in [0, 0.1) is 19.3 Å². The van der Waals surface area contributed by atoms with Gasteiger partial charge in [-0.3, -0.25) is 4.79 Å². The predicted molar refractivity (Wildman–Crippen MR) is 71.4 cm³/mol. The Kier molecular flexibility index (Phi) is 3.80. The molecular formula is C15H20O4. The average Bonchev–Trinajstić information content (AvgIpc) is 2.36. The molecule has 0 aromatic heterocycles. The summed E-state index contributed by atoms with van der Waals surface area (Å²) in [6.07, 6.45) is 0.587. The summed E-state index contributed by atoms with van der Waals surface area (Å²) >= 11 is 0. The number of hydrogen-bond donors (Lipinski definition) is 0. The van der Waals surface area contributed by atoms with E-state index >= 15 is 0 Å². The van der Waals surface area contributed by atoms with Gasteiger partial charge in [-0.25, -0.2) is 0 Å². The van der Waals surface area contributed by atoms with E-state index in [1.807, 2.05) is 13.0 Å². The number of ether oxygens (including phenoxy) is 3. The largest absolute Gasteiger partial charge is 0.496 e. The van der Waals surface area contributed by atoms with Crippen molar-refractivity contribution in [2.45, 2.75) is 20.3 Å². The molecule has 1 aromatic carbocycles. The van der Waals surface area contributed by atoms with Crippen molar-refractivity contribution in [2.24, 2.45) is 5.41 Å². The first-order chi connectivity index (χ1) is 9.02. The molecule has 0 aliphatic carbocycles. The lowest BCUT2D eigenvalue weighted by atomic mass is 9.79. The highest BCUT2D eigenvalue weighted by atomic mass is 16.5. The SMILES string of the molecule is COC(=O)C1(Cc2cc(C)c(C)cc2OC)COC1. The summed E-state index contributed by atoms with van der Waals surface area (Å²) in [5.74, 6) is 0.609. The van der Waals surface area contributed by atoms with Gasteiger partial charge in [-0.15, -0.1) is 0 Å². The van der Waals surface area contributed by atoms with E-state index in [4.69, 9.17) is 14.2 Å². The second-order valence-corrected chi connectivity index (χ2v) is 5.19. The van der Waals surface area contributed by atoms with Gasteiger partial charge in [0, 0.05) is 0 Å². The number of aryl methyl sites for hydroxylation is 2. The first kappa shape index (κ1) is 13.9. The maximum absolute atomic E-state index is 11.9. The Hall–Kier alpha value is -1.55. The van der Waals surface area contributed by atoms with Gasteiger partial charge in [-0.1, -0.05) is 6.07 Å². The van der Waals surface area contributed by atoms with Crippen molar-refractivity contribution >= 4 is 5.97 Å². The second-order valence-electron chi connectivity index (χ2n) is 5.19. The van der Waals surface area contributed by atoms with Gasteiger partial charge in [0.15, 0.2) is 0 Å². The van der Waals surface area contributed by atoms with Crippen molar-refractivity contribution in [3.63, 3.8) is 0 Å². The highest BCUT2D eigenvalue weighted by Crippen LogP contribution is 2.36. The zero-order valence-electron chi connectivity index (χ0n) is 11.9. The van der Waals surface area contributed by atoms with Gasteiger partial charge < -0.3 is 14.2 Å². The maximum Gasteiger partial charge on any atom is 0.316 e. The van der Waals surface area contributed by atoms with E-state index in [0.717, 1.165) is 11.3 Å². The van der Waals surface area contributed by atoms with E-state index in [1.165, 1.54) is 18.2 Å². The molecule has 0 amide bonds. The molecule has 1 saturated heterocycles. The Morgan fingerprint density at radius 3 is 2.37 bits per heavy atom. The predicted octanol–water partition coefficient (Wildman–Crippen LogP) is 2.04. The van der Waals surface area contributed by atoms with E-state index in [9.17, 15) is 4.79 Å². The Labute approximate surface area is 113 Å². The van der Waals surface area contributed by atoms with Crippen molar-refractivity contribution in [1.82, 2.24) is 0 Å². The lowest BCUT2D eigenvalue weighted by Crippen LogP contribution is -2.51. The van der Waals surface area contributed by atoms with Crippen LogP contribution in [0.3, 0.4) is 0 Å². The zero-order chi connectivity index (χ0) is 14.0. The molecule has 0 bridgehead atoms. The molecule has 1 aliphatic rings. The Bertz CT molecular complexity index is 489. The second kappa shape index (κ2) is 5.21. The topological polar surface area (TPSA) is 44.8 Å². The van der Waals surface area contributed by atoms with Crippen molar-refractivity contribution in [3.05, 3.63) is 28.8 Å².